The molecule has 3 aliphatic heterocycles. The summed E-state index contributed by atoms with van der Waals surface area (Å²) in [7, 11) is 0. The third-order valence-electron chi connectivity index (χ3n) is 5.16. The van der Waals surface area contributed by atoms with E-state index in [0.29, 0.717) is 12.0 Å². The number of aliphatic hydroxyl groups is 2. The quantitative estimate of drug-likeness (QED) is 0.561. The molecule has 0 unspecified atom stereocenters. The second-order valence-corrected chi connectivity index (χ2v) is 6.47. The number of ether oxygens (including phenoxy) is 2. The summed E-state index contributed by atoms with van der Waals surface area (Å²) in [4.78, 5) is 36.0. The van der Waals surface area contributed by atoms with E-state index in [1.807, 2.05) is 0 Å². The van der Waals surface area contributed by atoms with Gasteiger partial charge in [0.15, 0.2) is 23.1 Å². The molecule has 0 radical (unpaired) electrons. The molecule has 126 valence electrons. The molecule has 3 heterocycles. The van der Waals surface area contributed by atoms with Crippen LogP contribution in [-0.4, -0.2) is 62.6 Å². The summed E-state index contributed by atoms with van der Waals surface area (Å²) < 4.78 is 10.8. The zero-order valence-corrected chi connectivity index (χ0v) is 12.7. The number of carbonyl (C=O) groups excluding carboxylic acids is 2. The number of ketones is 1. The largest absolute Gasteiger partial charge is 0.481 e. The molecule has 2 bridgehead atoms. The molecule has 0 aromatic rings. The molecule has 0 saturated carbocycles. The highest BCUT2D eigenvalue weighted by Gasteiger charge is 2.69. The SMILES string of the molecule is C/C1=C/C(=O)[C@](O)([C@H](C)C(=O)O)[C@@H]2OC(=O)[C@]3(O)CC[C@@H]1O[C@@H]23. The first-order valence-corrected chi connectivity index (χ1v) is 7.39. The Morgan fingerprint density at radius 2 is 2.00 bits per heavy atom. The van der Waals surface area contributed by atoms with Crippen LogP contribution in [0.3, 0.4) is 0 Å². The van der Waals surface area contributed by atoms with Gasteiger partial charge < -0.3 is 24.8 Å². The monoisotopic (exact) mass is 326 g/mol. The number of carbonyl (C=O) groups is 3. The molecular weight excluding hydrogens is 308 g/mol. The molecule has 23 heavy (non-hydrogen) atoms. The Balaban J connectivity index is 2.18. The normalized spacial score (nSPS) is 46.3. The van der Waals surface area contributed by atoms with Gasteiger partial charge in [-0.3, -0.25) is 9.59 Å². The molecule has 8 heteroatoms. The van der Waals surface area contributed by atoms with Gasteiger partial charge in [0.25, 0.3) is 0 Å². The minimum atomic E-state index is -2.51. The van der Waals surface area contributed by atoms with Crippen molar-refractivity contribution in [3.8, 4) is 0 Å². The van der Waals surface area contributed by atoms with Gasteiger partial charge in [-0.05, 0) is 38.3 Å². The smallest absolute Gasteiger partial charge is 0.341 e. The highest BCUT2D eigenvalue weighted by Crippen LogP contribution is 2.46. The molecule has 6 atom stereocenters. The standard InChI is InChI=1S/C15H18O8/c1-6-5-9(16)15(21,7(2)12(17)18)11-10-14(20,13(19)23-11)4-3-8(6)22-10/h5,7-8,10-11,20-21H,3-4H2,1-2H3,(H,17,18)/b6-5-/t7-,8+,10+,11-,14+,15-/m1/s1. The lowest BCUT2D eigenvalue weighted by Gasteiger charge is -2.43. The molecule has 2 fully saturated rings. The van der Waals surface area contributed by atoms with Crippen molar-refractivity contribution in [3.63, 3.8) is 0 Å². The van der Waals surface area contributed by atoms with Crippen molar-refractivity contribution in [3.05, 3.63) is 11.6 Å². The van der Waals surface area contributed by atoms with Crippen LogP contribution < -0.4 is 0 Å². The van der Waals surface area contributed by atoms with Crippen LogP contribution >= 0.6 is 0 Å². The summed E-state index contributed by atoms with van der Waals surface area (Å²) in [5, 5.41) is 30.7. The average Bonchev–Trinajstić information content (AvgIpc) is 2.75. The number of aliphatic carboxylic acids is 1. The fraction of sp³-hybridized carbons (Fsp3) is 0.667. The first kappa shape index (κ1) is 16.1. The molecule has 0 aromatic carbocycles. The Hall–Kier alpha value is -1.77. The molecular formula is C15H18O8. The van der Waals surface area contributed by atoms with E-state index in [1.165, 1.54) is 0 Å². The number of hydrogen-bond donors (Lipinski definition) is 3. The number of rotatable bonds is 2. The summed E-state index contributed by atoms with van der Waals surface area (Å²) in [6.07, 6.45) is -1.87. The number of esters is 1. The molecule has 3 rings (SSSR count). The second-order valence-electron chi connectivity index (χ2n) is 6.47. The maximum atomic E-state index is 12.6. The first-order valence-electron chi connectivity index (χ1n) is 7.39. The topological polar surface area (TPSA) is 130 Å². The molecule has 0 spiro atoms. The van der Waals surface area contributed by atoms with E-state index in [9.17, 15) is 29.7 Å². The van der Waals surface area contributed by atoms with E-state index in [1.54, 1.807) is 6.92 Å². The van der Waals surface area contributed by atoms with E-state index < -0.39 is 53.2 Å². The number of hydrogen-bond acceptors (Lipinski definition) is 7. The van der Waals surface area contributed by atoms with Crippen molar-refractivity contribution >= 4 is 17.7 Å². The molecule has 0 aromatic heterocycles. The van der Waals surface area contributed by atoms with Crippen molar-refractivity contribution in [2.24, 2.45) is 5.92 Å². The predicted molar refractivity (Wildman–Crippen MR) is 73.2 cm³/mol. The van der Waals surface area contributed by atoms with Crippen molar-refractivity contribution in [2.75, 3.05) is 0 Å². The summed E-state index contributed by atoms with van der Waals surface area (Å²) in [6, 6.07) is 0. The lowest BCUT2D eigenvalue weighted by molar-refractivity contribution is -0.199. The number of carboxylic acids is 1. The lowest BCUT2D eigenvalue weighted by Crippen LogP contribution is -2.64. The summed E-state index contributed by atoms with van der Waals surface area (Å²) >= 11 is 0. The maximum absolute atomic E-state index is 12.6. The highest BCUT2D eigenvalue weighted by atomic mass is 16.6. The Kier molecular flexibility index (Phi) is 3.40. The zero-order chi connectivity index (χ0) is 17.2. The highest BCUT2D eigenvalue weighted by molar-refractivity contribution is 6.02. The van der Waals surface area contributed by atoms with Gasteiger partial charge in [-0.15, -0.1) is 0 Å². The van der Waals surface area contributed by atoms with Gasteiger partial charge in [0.05, 0.1) is 12.0 Å². The number of carboxylic acid groups (broad SMARTS) is 1. The van der Waals surface area contributed by atoms with Crippen LogP contribution in [0.15, 0.2) is 11.6 Å². The van der Waals surface area contributed by atoms with E-state index in [2.05, 4.69) is 0 Å². The van der Waals surface area contributed by atoms with E-state index in [0.717, 1.165) is 13.0 Å². The fourth-order valence-corrected chi connectivity index (χ4v) is 3.53. The fourth-order valence-electron chi connectivity index (χ4n) is 3.53. The van der Waals surface area contributed by atoms with Crippen LogP contribution in [-0.2, 0) is 23.9 Å². The van der Waals surface area contributed by atoms with Gasteiger partial charge in [0.2, 0.25) is 0 Å². The Morgan fingerprint density at radius 1 is 1.35 bits per heavy atom. The lowest BCUT2D eigenvalue weighted by atomic mass is 9.72. The Morgan fingerprint density at radius 3 is 2.61 bits per heavy atom. The minimum Gasteiger partial charge on any atom is -0.481 e. The first-order chi connectivity index (χ1) is 10.6. The molecule has 3 aliphatic rings. The van der Waals surface area contributed by atoms with Crippen molar-refractivity contribution in [1.29, 1.82) is 0 Å². The van der Waals surface area contributed by atoms with Gasteiger partial charge in [0, 0.05) is 0 Å². The van der Waals surface area contributed by atoms with Gasteiger partial charge >= 0.3 is 11.9 Å². The Labute approximate surface area is 131 Å². The van der Waals surface area contributed by atoms with Crippen LogP contribution in [0.25, 0.3) is 0 Å². The van der Waals surface area contributed by atoms with E-state index >= 15 is 0 Å². The summed E-state index contributed by atoms with van der Waals surface area (Å²) in [6.45, 7) is 2.77. The Bertz CT molecular complexity index is 625. The minimum absolute atomic E-state index is 0.0502. The van der Waals surface area contributed by atoms with Gasteiger partial charge in [-0.2, -0.15) is 0 Å². The van der Waals surface area contributed by atoms with Crippen molar-refractivity contribution in [2.45, 2.75) is 56.2 Å². The van der Waals surface area contributed by atoms with Crippen LogP contribution in [0.4, 0.5) is 0 Å². The van der Waals surface area contributed by atoms with Gasteiger partial charge in [0.1, 0.15) is 6.10 Å². The van der Waals surface area contributed by atoms with Gasteiger partial charge in [-0.25, -0.2) is 4.79 Å². The number of fused-ring (bicyclic) bond motifs is 1. The summed E-state index contributed by atoms with van der Waals surface area (Å²) in [5.74, 6) is -4.85. The molecule has 0 amide bonds. The van der Waals surface area contributed by atoms with Crippen molar-refractivity contribution in [1.82, 2.24) is 0 Å². The molecule has 8 nitrogen and oxygen atoms in total. The van der Waals surface area contributed by atoms with E-state index in [4.69, 9.17) is 9.47 Å². The second kappa shape index (κ2) is 4.86. The van der Waals surface area contributed by atoms with Crippen molar-refractivity contribution < 1.29 is 39.2 Å². The van der Waals surface area contributed by atoms with Gasteiger partial charge in [-0.1, -0.05) is 0 Å². The third kappa shape index (κ3) is 1.98. The van der Waals surface area contributed by atoms with Crippen LogP contribution in [0.5, 0.6) is 0 Å². The molecule has 3 N–H and O–H groups in total. The third-order valence-corrected chi connectivity index (χ3v) is 5.16. The van der Waals surface area contributed by atoms with Crippen LogP contribution in [0.1, 0.15) is 26.7 Å². The average molecular weight is 326 g/mol. The maximum Gasteiger partial charge on any atom is 0.341 e. The summed E-state index contributed by atoms with van der Waals surface area (Å²) in [5.41, 5.74) is -3.99. The van der Waals surface area contributed by atoms with Crippen LogP contribution in [0.2, 0.25) is 0 Å². The molecule has 0 aliphatic carbocycles. The van der Waals surface area contributed by atoms with E-state index in [-0.39, 0.29) is 6.42 Å². The van der Waals surface area contributed by atoms with Crippen LogP contribution in [0, 0.1) is 5.92 Å². The molecule has 2 saturated heterocycles. The zero-order valence-electron chi connectivity index (χ0n) is 12.7. The predicted octanol–water partition coefficient (Wildman–Crippen LogP) is -0.829.